The van der Waals surface area contributed by atoms with Gasteiger partial charge in [-0.25, -0.2) is 0 Å². The van der Waals surface area contributed by atoms with Crippen LogP contribution in [0.3, 0.4) is 0 Å². The van der Waals surface area contributed by atoms with Crippen molar-refractivity contribution in [3.63, 3.8) is 0 Å². The Kier molecular flexibility index (Phi) is 7.57. The molecule has 0 heterocycles. The summed E-state index contributed by atoms with van der Waals surface area (Å²) < 4.78 is 0. The van der Waals surface area contributed by atoms with Crippen molar-refractivity contribution in [3.05, 3.63) is 30.3 Å². The van der Waals surface area contributed by atoms with Crippen LogP contribution >= 0.6 is 0 Å². The molecule has 1 rings (SSSR count). The Bertz CT molecular complexity index is 323. The van der Waals surface area contributed by atoms with Crippen LogP contribution in [0.4, 0.5) is 5.69 Å². The van der Waals surface area contributed by atoms with Gasteiger partial charge in [-0.05, 0) is 25.0 Å². The molecule has 0 saturated heterocycles. The van der Waals surface area contributed by atoms with Crippen molar-refractivity contribution in [2.24, 2.45) is 5.73 Å². The second-order valence-electron chi connectivity index (χ2n) is 5.64. The summed E-state index contributed by atoms with van der Waals surface area (Å²) in [5.74, 6) is 0. The van der Waals surface area contributed by atoms with Gasteiger partial charge in [-0.3, -0.25) is 0 Å². The van der Waals surface area contributed by atoms with Gasteiger partial charge in [0.1, 0.15) is 0 Å². The lowest BCUT2D eigenvalue weighted by molar-refractivity contribution is 0.358. The van der Waals surface area contributed by atoms with Gasteiger partial charge < -0.3 is 11.1 Å². The molecule has 0 aromatic heterocycles. The number of para-hydroxylation sites is 1. The highest BCUT2D eigenvalue weighted by Gasteiger charge is 2.23. The summed E-state index contributed by atoms with van der Waals surface area (Å²) in [4.78, 5) is 0. The Balaban J connectivity index is 2.47. The van der Waals surface area contributed by atoms with E-state index in [2.05, 4.69) is 43.4 Å². The fourth-order valence-electron chi connectivity index (χ4n) is 2.39. The average molecular weight is 262 g/mol. The van der Waals surface area contributed by atoms with Gasteiger partial charge in [0.25, 0.3) is 0 Å². The maximum atomic E-state index is 6.61. The van der Waals surface area contributed by atoms with Gasteiger partial charge in [0.05, 0.1) is 0 Å². The largest absolute Gasteiger partial charge is 0.383 e. The third-order valence-corrected chi connectivity index (χ3v) is 3.72. The summed E-state index contributed by atoms with van der Waals surface area (Å²) in [5.41, 5.74) is 7.73. The number of anilines is 1. The van der Waals surface area contributed by atoms with Crippen LogP contribution in [0.25, 0.3) is 0 Å². The highest BCUT2D eigenvalue weighted by atomic mass is 14.9. The lowest BCUT2D eigenvalue weighted by atomic mass is 9.87. The van der Waals surface area contributed by atoms with Crippen molar-refractivity contribution in [1.29, 1.82) is 0 Å². The van der Waals surface area contributed by atoms with Gasteiger partial charge in [0, 0.05) is 17.8 Å². The van der Waals surface area contributed by atoms with Crippen LogP contribution in [0.15, 0.2) is 30.3 Å². The van der Waals surface area contributed by atoms with Crippen LogP contribution in [-0.2, 0) is 0 Å². The van der Waals surface area contributed by atoms with E-state index >= 15 is 0 Å². The van der Waals surface area contributed by atoms with Crippen molar-refractivity contribution < 1.29 is 0 Å². The van der Waals surface area contributed by atoms with Crippen molar-refractivity contribution >= 4 is 5.69 Å². The topological polar surface area (TPSA) is 38.0 Å². The molecule has 0 bridgehead atoms. The molecule has 0 aliphatic carbocycles. The molecule has 0 fully saturated rings. The SMILES string of the molecule is CCCCCC(N)(CCCC)CNc1ccccc1. The highest BCUT2D eigenvalue weighted by molar-refractivity contribution is 5.42. The maximum absolute atomic E-state index is 6.61. The number of hydrogen-bond donors (Lipinski definition) is 2. The average Bonchev–Trinajstić information content (AvgIpc) is 2.45. The zero-order chi connectivity index (χ0) is 14.0. The van der Waals surface area contributed by atoms with Gasteiger partial charge in [-0.15, -0.1) is 0 Å². The lowest BCUT2D eigenvalue weighted by Gasteiger charge is -2.30. The Morgan fingerprint density at radius 1 is 0.947 bits per heavy atom. The first-order valence-corrected chi connectivity index (χ1v) is 7.78. The summed E-state index contributed by atoms with van der Waals surface area (Å²) in [5, 5.41) is 3.50. The van der Waals surface area contributed by atoms with Crippen LogP contribution < -0.4 is 11.1 Å². The second-order valence-corrected chi connectivity index (χ2v) is 5.64. The summed E-state index contributed by atoms with van der Waals surface area (Å²) in [6.45, 7) is 5.35. The molecule has 2 heteroatoms. The van der Waals surface area contributed by atoms with Crippen LogP contribution in [0.2, 0.25) is 0 Å². The first-order chi connectivity index (χ1) is 9.20. The molecule has 0 amide bonds. The quantitative estimate of drug-likeness (QED) is 0.606. The first-order valence-electron chi connectivity index (χ1n) is 7.78. The highest BCUT2D eigenvalue weighted by Crippen LogP contribution is 2.20. The molecule has 2 nitrogen and oxygen atoms in total. The standard InChI is InChI=1S/C17H30N2/c1-3-5-10-14-17(18,13-6-4-2)15-19-16-11-8-7-9-12-16/h7-9,11-12,19H,3-6,10,13-15,18H2,1-2H3. The zero-order valence-electron chi connectivity index (χ0n) is 12.6. The van der Waals surface area contributed by atoms with Gasteiger partial charge in [0.2, 0.25) is 0 Å². The summed E-state index contributed by atoms with van der Waals surface area (Å²) >= 11 is 0. The molecule has 19 heavy (non-hydrogen) atoms. The number of benzene rings is 1. The zero-order valence-corrected chi connectivity index (χ0v) is 12.6. The third kappa shape index (κ3) is 6.63. The van der Waals surface area contributed by atoms with Crippen LogP contribution in [0, 0.1) is 0 Å². The van der Waals surface area contributed by atoms with Gasteiger partial charge in [0.15, 0.2) is 0 Å². The summed E-state index contributed by atoms with van der Waals surface area (Å²) in [7, 11) is 0. The maximum Gasteiger partial charge on any atom is 0.0340 e. The Morgan fingerprint density at radius 2 is 1.58 bits per heavy atom. The van der Waals surface area contributed by atoms with Crippen LogP contribution in [0.1, 0.15) is 58.8 Å². The van der Waals surface area contributed by atoms with Crippen molar-refractivity contribution in [2.45, 2.75) is 64.3 Å². The molecule has 1 unspecified atom stereocenters. The number of rotatable bonds is 10. The fraction of sp³-hybridized carbons (Fsp3) is 0.647. The summed E-state index contributed by atoms with van der Waals surface area (Å²) in [6, 6.07) is 10.4. The van der Waals surface area contributed by atoms with E-state index in [1.807, 2.05) is 6.07 Å². The Morgan fingerprint density at radius 3 is 2.21 bits per heavy atom. The van der Waals surface area contributed by atoms with Crippen LogP contribution in [-0.4, -0.2) is 12.1 Å². The van der Waals surface area contributed by atoms with E-state index < -0.39 is 0 Å². The van der Waals surface area contributed by atoms with E-state index in [4.69, 9.17) is 5.73 Å². The van der Waals surface area contributed by atoms with E-state index in [0.29, 0.717) is 0 Å². The predicted molar refractivity (Wildman–Crippen MR) is 85.5 cm³/mol. The first kappa shape index (κ1) is 16.0. The van der Waals surface area contributed by atoms with E-state index in [1.54, 1.807) is 0 Å². The molecule has 0 aliphatic heterocycles. The minimum atomic E-state index is -0.0545. The molecule has 0 radical (unpaired) electrons. The lowest BCUT2D eigenvalue weighted by Crippen LogP contribution is -2.46. The molecule has 3 N–H and O–H groups in total. The fourth-order valence-corrected chi connectivity index (χ4v) is 2.39. The molecular weight excluding hydrogens is 232 g/mol. The van der Waals surface area contributed by atoms with Crippen molar-refractivity contribution in [3.8, 4) is 0 Å². The predicted octanol–water partition coefficient (Wildman–Crippen LogP) is 4.57. The number of nitrogens with two attached hydrogens (primary N) is 1. The van der Waals surface area contributed by atoms with E-state index in [9.17, 15) is 0 Å². The smallest absolute Gasteiger partial charge is 0.0340 e. The monoisotopic (exact) mass is 262 g/mol. The molecule has 108 valence electrons. The normalized spacial score (nSPS) is 14.1. The molecule has 1 aromatic carbocycles. The molecule has 0 aliphatic rings. The van der Waals surface area contributed by atoms with Gasteiger partial charge in [-0.1, -0.05) is 64.2 Å². The van der Waals surface area contributed by atoms with Gasteiger partial charge in [-0.2, -0.15) is 0 Å². The van der Waals surface area contributed by atoms with E-state index in [1.165, 1.54) is 37.8 Å². The number of nitrogens with one attached hydrogen (secondary N) is 1. The molecule has 1 aromatic rings. The molecule has 0 spiro atoms. The summed E-state index contributed by atoms with van der Waals surface area (Å²) in [6.07, 6.45) is 8.48. The third-order valence-electron chi connectivity index (χ3n) is 3.72. The van der Waals surface area contributed by atoms with Gasteiger partial charge >= 0.3 is 0 Å². The molecular formula is C17H30N2. The molecule has 0 saturated carbocycles. The van der Waals surface area contributed by atoms with E-state index in [-0.39, 0.29) is 5.54 Å². The minimum Gasteiger partial charge on any atom is -0.383 e. The van der Waals surface area contributed by atoms with Crippen molar-refractivity contribution in [1.82, 2.24) is 0 Å². The number of hydrogen-bond acceptors (Lipinski definition) is 2. The number of unbranched alkanes of at least 4 members (excludes halogenated alkanes) is 3. The second kappa shape index (κ2) is 8.98. The van der Waals surface area contributed by atoms with Crippen LogP contribution in [0.5, 0.6) is 0 Å². The van der Waals surface area contributed by atoms with Crippen molar-refractivity contribution in [2.75, 3.05) is 11.9 Å². The molecule has 1 atom stereocenters. The minimum absolute atomic E-state index is 0.0545. The van der Waals surface area contributed by atoms with E-state index in [0.717, 1.165) is 19.4 Å². The Hall–Kier alpha value is -1.02. The Labute approximate surface area is 118 Å².